The molecule has 0 fully saturated rings. The van der Waals surface area contributed by atoms with Crippen molar-refractivity contribution in [2.45, 2.75) is 13.5 Å². The second-order valence-corrected chi connectivity index (χ2v) is 5.63. The molecule has 138 valence electrons. The second-order valence-electron chi connectivity index (χ2n) is 5.63. The summed E-state index contributed by atoms with van der Waals surface area (Å²) in [4.78, 5) is 20.7. The molecule has 1 amide bonds. The van der Waals surface area contributed by atoms with Crippen LogP contribution in [0, 0.1) is 5.82 Å². The molecular formula is C20H19FN4O2. The van der Waals surface area contributed by atoms with Gasteiger partial charge in [-0.25, -0.2) is 14.4 Å². The summed E-state index contributed by atoms with van der Waals surface area (Å²) in [5.41, 5.74) is 1.73. The molecule has 2 aromatic carbocycles. The van der Waals surface area contributed by atoms with Crippen LogP contribution in [-0.2, 0) is 6.54 Å². The molecule has 2 N–H and O–H groups in total. The van der Waals surface area contributed by atoms with Crippen LogP contribution in [0.15, 0.2) is 60.8 Å². The van der Waals surface area contributed by atoms with Crippen LogP contribution in [0.2, 0.25) is 0 Å². The summed E-state index contributed by atoms with van der Waals surface area (Å²) in [7, 11) is 0. The van der Waals surface area contributed by atoms with Gasteiger partial charge in [-0.2, -0.15) is 0 Å². The second kappa shape index (κ2) is 8.75. The van der Waals surface area contributed by atoms with E-state index in [1.165, 1.54) is 24.4 Å². The number of benzene rings is 2. The molecule has 6 nitrogen and oxygen atoms in total. The summed E-state index contributed by atoms with van der Waals surface area (Å²) < 4.78 is 18.5. The number of rotatable bonds is 7. The minimum absolute atomic E-state index is 0.225. The summed E-state index contributed by atoms with van der Waals surface area (Å²) >= 11 is 0. The van der Waals surface area contributed by atoms with Gasteiger partial charge < -0.3 is 15.4 Å². The highest BCUT2D eigenvalue weighted by Gasteiger charge is 2.10. The van der Waals surface area contributed by atoms with Crippen molar-refractivity contribution in [2.75, 3.05) is 11.9 Å². The minimum atomic E-state index is -0.345. The van der Waals surface area contributed by atoms with Gasteiger partial charge in [0.2, 0.25) is 5.95 Å². The van der Waals surface area contributed by atoms with E-state index in [2.05, 4.69) is 20.6 Å². The van der Waals surface area contributed by atoms with E-state index in [4.69, 9.17) is 4.74 Å². The van der Waals surface area contributed by atoms with Gasteiger partial charge in [-0.15, -0.1) is 0 Å². The molecule has 0 atom stereocenters. The SMILES string of the molecule is CCOc1ccccc1Nc1nccc(C(=O)NCc2ccc(F)cc2)n1. The summed E-state index contributed by atoms with van der Waals surface area (Å²) in [6, 6.07) is 14.9. The summed E-state index contributed by atoms with van der Waals surface area (Å²) in [5, 5.41) is 5.82. The molecule has 0 bridgehead atoms. The van der Waals surface area contributed by atoms with Crippen molar-refractivity contribution < 1.29 is 13.9 Å². The number of ether oxygens (including phenoxy) is 1. The molecule has 7 heteroatoms. The number of hydrogen-bond acceptors (Lipinski definition) is 5. The van der Waals surface area contributed by atoms with Gasteiger partial charge in [-0.1, -0.05) is 24.3 Å². The Morgan fingerprint density at radius 1 is 1.11 bits per heavy atom. The Bertz CT molecular complexity index is 916. The number of aromatic nitrogens is 2. The first kappa shape index (κ1) is 18.3. The van der Waals surface area contributed by atoms with Crippen LogP contribution in [0.3, 0.4) is 0 Å². The van der Waals surface area contributed by atoms with Gasteiger partial charge in [-0.3, -0.25) is 4.79 Å². The highest BCUT2D eigenvalue weighted by atomic mass is 19.1. The van der Waals surface area contributed by atoms with E-state index in [1.54, 1.807) is 12.1 Å². The molecule has 0 aliphatic rings. The van der Waals surface area contributed by atoms with Crippen LogP contribution in [0.1, 0.15) is 23.0 Å². The quantitative estimate of drug-likeness (QED) is 0.667. The van der Waals surface area contributed by atoms with Crippen LogP contribution < -0.4 is 15.4 Å². The lowest BCUT2D eigenvalue weighted by atomic mass is 10.2. The number of halogens is 1. The maximum atomic E-state index is 12.9. The molecule has 0 saturated carbocycles. The number of hydrogen-bond donors (Lipinski definition) is 2. The number of para-hydroxylation sites is 2. The Morgan fingerprint density at radius 2 is 1.89 bits per heavy atom. The van der Waals surface area contributed by atoms with Gasteiger partial charge in [0, 0.05) is 12.7 Å². The first-order valence-corrected chi connectivity index (χ1v) is 8.50. The van der Waals surface area contributed by atoms with Gasteiger partial charge >= 0.3 is 0 Å². The Hall–Kier alpha value is -3.48. The van der Waals surface area contributed by atoms with Crippen LogP contribution in [0.25, 0.3) is 0 Å². The zero-order valence-electron chi connectivity index (χ0n) is 14.8. The lowest BCUT2D eigenvalue weighted by molar-refractivity contribution is 0.0946. The summed E-state index contributed by atoms with van der Waals surface area (Å²) in [6.45, 7) is 2.71. The van der Waals surface area contributed by atoms with E-state index >= 15 is 0 Å². The monoisotopic (exact) mass is 366 g/mol. The van der Waals surface area contributed by atoms with Crippen LogP contribution >= 0.6 is 0 Å². The summed E-state index contributed by atoms with van der Waals surface area (Å²) in [6.07, 6.45) is 1.51. The fourth-order valence-electron chi connectivity index (χ4n) is 2.39. The number of anilines is 2. The van der Waals surface area contributed by atoms with E-state index in [9.17, 15) is 9.18 Å². The Morgan fingerprint density at radius 3 is 2.67 bits per heavy atom. The predicted molar refractivity (Wildman–Crippen MR) is 100 cm³/mol. The molecule has 0 aliphatic heterocycles. The maximum Gasteiger partial charge on any atom is 0.270 e. The maximum absolute atomic E-state index is 12.9. The molecule has 3 aromatic rings. The predicted octanol–water partition coefficient (Wildman–Crippen LogP) is 3.69. The minimum Gasteiger partial charge on any atom is -0.492 e. The van der Waals surface area contributed by atoms with E-state index in [0.717, 1.165) is 5.56 Å². The van der Waals surface area contributed by atoms with E-state index in [0.29, 0.717) is 18.0 Å². The van der Waals surface area contributed by atoms with Crippen LogP contribution in [0.4, 0.5) is 16.0 Å². The standard InChI is InChI=1S/C20H19FN4O2/c1-2-27-18-6-4-3-5-16(18)24-20-22-12-11-17(25-20)19(26)23-13-14-7-9-15(21)10-8-14/h3-12H,2,13H2,1H3,(H,23,26)(H,22,24,25). The van der Waals surface area contributed by atoms with E-state index in [1.807, 2.05) is 31.2 Å². The molecule has 0 aliphatic carbocycles. The molecule has 1 aromatic heterocycles. The third-order valence-corrected chi connectivity index (χ3v) is 3.69. The Kier molecular flexibility index (Phi) is 5.94. The molecule has 0 spiro atoms. The van der Waals surface area contributed by atoms with Gasteiger partial charge in [0.05, 0.1) is 12.3 Å². The third-order valence-electron chi connectivity index (χ3n) is 3.69. The van der Waals surface area contributed by atoms with Crippen molar-refractivity contribution in [3.63, 3.8) is 0 Å². The largest absolute Gasteiger partial charge is 0.492 e. The van der Waals surface area contributed by atoms with E-state index in [-0.39, 0.29) is 29.9 Å². The van der Waals surface area contributed by atoms with Crippen molar-refractivity contribution in [1.29, 1.82) is 0 Å². The third kappa shape index (κ3) is 5.01. The van der Waals surface area contributed by atoms with Gasteiger partial charge in [0.25, 0.3) is 5.91 Å². The van der Waals surface area contributed by atoms with Crippen molar-refractivity contribution in [2.24, 2.45) is 0 Å². The topological polar surface area (TPSA) is 76.1 Å². The van der Waals surface area contributed by atoms with Crippen molar-refractivity contribution in [3.05, 3.63) is 77.9 Å². The smallest absolute Gasteiger partial charge is 0.270 e. The van der Waals surface area contributed by atoms with Gasteiger partial charge in [0.15, 0.2) is 0 Å². The fourth-order valence-corrected chi connectivity index (χ4v) is 2.39. The molecular weight excluding hydrogens is 347 g/mol. The number of amides is 1. The fraction of sp³-hybridized carbons (Fsp3) is 0.150. The summed E-state index contributed by atoms with van der Waals surface area (Å²) in [5.74, 6) is 0.304. The normalized spacial score (nSPS) is 10.3. The highest BCUT2D eigenvalue weighted by Crippen LogP contribution is 2.25. The lowest BCUT2D eigenvalue weighted by Crippen LogP contribution is -2.24. The van der Waals surface area contributed by atoms with Crippen LogP contribution in [-0.4, -0.2) is 22.5 Å². The average Bonchev–Trinajstić information content (AvgIpc) is 2.69. The van der Waals surface area contributed by atoms with Gasteiger partial charge in [0.1, 0.15) is 17.3 Å². The number of carbonyl (C=O) groups is 1. The average molecular weight is 366 g/mol. The molecule has 0 radical (unpaired) electrons. The lowest BCUT2D eigenvalue weighted by Gasteiger charge is -2.11. The molecule has 0 unspecified atom stereocenters. The van der Waals surface area contributed by atoms with Crippen molar-refractivity contribution in [3.8, 4) is 5.75 Å². The zero-order chi connectivity index (χ0) is 19.1. The first-order valence-electron chi connectivity index (χ1n) is 8.50. The van der Waals surface area contributed by atoms with E-state index < -0.39 is 0 Å². The number of nitrogens with zero attached hydrogens (tertiary/aromatic N) is 2. The zero-order valence-corrected chi connectivity index (χ0v) is 14.8. The van der Waals surface area contributed by atoms with Crippen LogP contribution in [0.5, 0.6) is 5.75 Å². The number of carbonyl (C=O) groups excluding carboxylic acids is 1. The Labute approximate surface area is 156 Å². The Balaban J connectivity index is 1.68. The highest BCUT2D eigenvalue weighted by molar-refractivity contribution is 5.92. The molecule has 1 heterocycles. The number of nitrogens with one attached hydrogen (secondary N) is 2. The first-order chi connectivity index (χ1) is 13.2. The molecule has 3 rings (SSSR count). The molecule has 27 heavy (non-hydrogen) atoms. The van der Waals surface area contributed by atoms with Crippen molar-refractivity contribution in [1.82, 2.24) is 15.3 Å². The van der Waals surface area contributed by atoms with Gasteiger partial charge in [-0.05, 0) is 42.8 Å². The van der Waals surface area contributed by atoms with Crippen molar-refractivity contribution >= 4 is 17.5 Å². The molecule has 0 saturated heterocycles.